The van der Waals surface area contributed by atoms with E-state index in [4.69, 9.17) is 10.5 Å². The number of hydrogen-bond acceptors (Lipinski definition) is 3. The molecule has 0 unspecified atom stereocenters. The van der Waals surface area contributed by atoms with Crippen molar-refractivity contribution >= 4 is 17.3 Å². The van der Waals surface area contributed by atoms with Gasteiger partial charge in [-0.2, -0.15) is 0 Å². The van der Waals surface area contributed by atoms with Crippen molar-refractivity contribution in [3.8, 4) is 5.75 Å². The van der Waals surface area contributed by atoms with E-state index in [-0.39, 0.29) is 11.6 Å². The Morgan fingerprint density at radius 3 is 2.75 bits per heavy atom. The number of carbonyl (C=O) groups excluding carboxylic acids is 1. The summed E-state index contributed by atoms with van der Waals surface area (Å²) >= 11 is 0. The maximum atomic E-state index is 13.2. The highest BCUT2D eigenvalue weighted by molar-refractivity contribution is 6.06. The van der Waals surface area contributed by atoms with Crippen LogP contribution in [0.4, 0.5) is 15.8 Å². The van der Waals surface area contributed by atoms with Gasteiger partial charge in [0.15, 0.2) is 0 Å². The van der Waals surface area contributed by atoms with Gasteiger partial charge in [-0.05, 0) is 37.3 Å². The third-order valence-electron chi connectivity index (χ3n) is 2.61. The van der Waals surface area contributed by atoms with E-state index >= 15 is 0 Å². The molecule has 0 fully saturated rings. The second-order valence-electron chi connectivity index (χ2n) is 4.16. The molecule has 0 saturated carbocycles. The number of anilines is 2. The zero-order valence-corrected chi connectivity index (χ0v) is 11.0. The molecule has 0 heterocycles. The summed E-state index contributed by atoms with van der Waals surface area (Å²) in [6, 6.07) is 10.7. The van der Waals surface area contributed by atoms with Gasteiger partial charge in [0.05, 0.1) is 12.2 Å². The fourth-order valence-corrected chi connectivity index (χ4v) is 1.82. The first-order valence-corrected chi connectivity index (χ1v) is 6.19. The average molecular weight is 274 g/mol. The molecule has 3 N–H and O–H groups in total. The molecular formula is C15H15FN2O2. The molecule has 5 heteroatoms. The lowest BCUT2D eigenvalue weighted by atomic mass is 10.1. The van der Waals surface area contributed by atoms with Crippen molar-refractivity contribution in [3.63, 3.8) is 0 Å². The van der Waals surface area contributed by atoms with Crippen LogP contribution >= 0.6 is 0 Å². The molecule has 0 saturated heterocycles. The SMILES string of the molecule is CCOc1ccccc1C(=O)Nc1cc(N)cc(F)c1. The summed E-state index contributed by atoms with van der Waals surface area (Å²) in [7, 11) is 0. The highest BCUT2D eigenvalue weighted by Crippen LogP contribution is 2.21. The average Bonchev–Trinajstić information content (AvgIpc) is 2.38. The van der Waals surface area contributed by atoms with E-state index in [2.05, 4.69) is 5.32 Å². The van der Waals surface area contributed by atoms with Gasteiger partial charge in [-0.1, -0.05) is 12.1 Å². The van der Waals surface area contributed by atoms with Crippen LogP contribution in [-0.4, -0.2) is 12.5 Å². The maximum absolute atomic E-state index is 13.2. The Kier molecular flexibility index (Phi) is 4.20. The largest absolute Gasteiger partial charge is 0.493 e. The number of nitrogen functional groups attached to an aromatic ring is 1. The van der Waals surface area contributed by atoms with E-state index in [1.54, 1.807) is 24.3 Å². The van der Waals surface area contributed by atoms with Crippen molar-refractivity contribution in [2.75, 3.05) is 17.7 Å². The van der Waals surface area contributed by atoms with Crippen LogP contribution < -0.4 is 15.8 Å². The molecule has 104 valence electrons. The number of ether oxygens (including phenoxy) is 1. The Balaban J connectivity index is 2.23. The third-order valence-corrected chi connectivity index (χ3v) is 2.61. The molecule has 0 aliphatic carbocycles. The number of nitrogens with two attached hydrogens (primary N) is 1. The molecule has 2 aromatic carbocycles. The normalized spacial score (nSPS) is 10.1. The van der Waals surface area contributed by atoms with Crippen LogP contribution in [0, 0.1) is 5.82 Å². The Hall–Kier alpha value is -2.56. The zero-order chi connectivity index (χ0) is 14.5. The first kappa shape index (κ1) is 13.9. The van der Waals surface area contributed by atoms with Crippen LogP contribution in [0.15, 0.2) is 42.5 Å². The van der Waals surface area contributed by atoms with Crippen molar-refractivity contribution in [1.82, 2.24) is 0 Å². The summed E-state index contributed by atoms with van der Waals surface area (Å²) in [6.45, 7) is 2.29. The predicted octanol–water partition coefficient (Wildman–Crippen LogP) is 3.06. The molecule has 0 atom stereocenters. The maximum Gasteiger partial charge on any atom is 0.259 e. The topological polar surface area (TPSA) is 64.3 Å². The van der Waals surface area contributed by atoms with Crippen molar-refractivity contribution in [3.05, 3.63) is 53.8 Å². The first-order valence-electron chi connectivity index (χ1n) is 6.19. The highest BCUT2D eigenvalue weighted by atomic mass is 19.1. The summed E-state index contributed by atoms with van der Waals surface area (Å²) in [5, 5.41) is 2.60. The van der Waals surface area contributed by atoms with Gasteiger partial charge < -0.3 is 15.8 Å². The van der Waals surface area contributed by atoms with Crippen LogP contribution in [0.1, 0.15) is 17.3 Å². The minimum atomic E-state index is -0.501. The van der Waals surface area contributed by atoms with Gasteiger partial charge in [-0.3, -0.25) is 4.79 Å². The number of rotatable bonds is 4. The van der Waals surface area contributed by atoms with E-state index in [0.717, 1.165) is 0 Å². The number of nitrogens with one attached hydrogen (secondary N) is 1. The highest BCUT2D eigenvalue weighted by Gasteiger charge is 2.12. The molecular weight excluding hydrogens is 259 g/mol. The van der Waals surface area contributed by atoms with Gasteiger partial charge in [0, 0.05) is 11.4 Å². The quantitative estimate of drug-likeness (QED) is 0.842. The fourth-order valence-electron chi connectivity index (χ4n) is 1.82. The lowest BCUT2D eigenvalue weighted by Gasteiger charge is -2.10. The number of halogens is 1. The second kappa shape index (κ2) is 6.06. The molecule has 0 spiro atoms. The van der Waals surface area contributed by atoms with Crippen molar-refractivity contribution in [2.24, 2.45) is 0 Å². The van der Waals surface area contributed by atoms with Gasteiger partial charge in [0.2, 0.25) is 0 Å². The molecule has 0 aromatic heterocycles. The molecule has 1 amide bonds. The number of benzene rings is 2. The molecule has 20 heavy (non-hydrogen) atoms. The van der Waals surface area contributed by atoms with Gasteiger partial charge >= 0.3 is 0 Å². The van der Waals surface area contributed by atoms with Gasteiger partial charge in [0.25, 0.3) is 5.91 Å². The van der Waals surface area contributed by atoms with Crippen molar-refractivity contribution in [2.45, 2.75) is 6.92 Å². The summed E-state index contributed by atoms with van der Waals surface area (Å²) < 4.78 is 18.6. The Morgan fingerprint density at radius 2 is 2.05 bits per heavy atom. The Morgan fingerprint density at radius 1 is 1.30 bits per heavy atom. The third kappa shape index (κ3) is 3.26. The van der Waals surface area contributed by atoms with E-state index < -0.39 is 5.82 Å². The molecule has 2 aromatic rings. The number of para-hydroxylation sites is 1. The van der Waals surface area contributed by atoms with Crippen molar-refractivity contribution < 1.29 is 13.9 Å². The van der Waals surface area contributed by atoms with Crippen LogP contribution in [0.25, 0.3) is 0 Å². The number of hydrogen-bond donors (Lipinski definition) is 2. The van der Waals surface area contributed by atoms with Gasteiger partial charge in [0.1, 0.15) is 11.6 Å². The van der Waals surface area contributed by atoms with Crippen molar-refractivity contribution in [1.29, 1.82) is 0 Å². The standard InChI is InChI=1S/C15H15FN2O2/c1-2-20-14-6-4-3-5-13(14)15(19)18-12-8-10(16)7-11(17)9-12/h3-9H,2,17H2,1H3,(H,18,19). The first-order chi connectivity index (χ1) is 9.60. The molecule has 2 rings (SSSR count). The molecule has 4 nitrogen and oxygen atoms in total. The Labute approximate surface area is 116 Å². The molecule has 0 radical (unpaired) electrons. The summed E-state index contributed by atoms with van der Waals surface area (Å²) in [4.78, 5) is 12.2. The van der Waals surface area contributed by atoms with E-state index in [1.807, 2.05) is 6.92 Å². The van der Waals surface area contributed by atoms with E-state index in [0.29, 0.717) is 23.6 Å². The summed E-state index contributed by atoms with van der Waals surface area (Å²) in [5.41, 5.74) is 6.47. The zero-order valence-electron chi connectivity index (χ0n) is 11.0. The Bertz CT molecular complexity index is 609. The molecule has 0 bridgehead atoms. The second-order valence-corrected chi connectivity index (χ2v) is 4.16. The fraction of sp³-hybridized carbons (Fsp3) is 0.133. The smallest absolute Gasteiger partial charge is 0.259 e. The molecule has 0 aliphatic heterocycles. The van der Waals surface area contributed by atoms with Crippen LogP contribution in [-0.2, 0) is 0 Å². The lowest BCUT2D eigenvalue weighted by molar-refractivity contribution is 0.102. The summed E-state index contributed by atoms with van der Waals surface area (Å²) in [6.07, 6.45) is 0. The number of carbonyl (C=O) groups is 1. The lowest BCUT2D eigenvalue weighted by Crippen LogP contribution is -2.14. The summed E-state index contributed by atoms with van der Waals surface area (Å²) in [5.74, 6) is -0.394. The minimum absolute atomic E-state index is 0.249. The minimum Gasteiger partial charge on any atom is -0.493 e. The van der Waals surface area contributed by atoms with E-state index in [1.165, 1.54) is 18.2 Å². The predicted molar refractivity (Wildman–Crippen MR) is 76.4 cm³/mol. The van der Waals surface area contributed by atoms with Gasteiger partial charge in [-0.25, -0.2) is 4.39 Å². The monoisotopic (exact) mass is 274 g/mol. The molecule has 0 aliphatic rings. The van der Waals surface area contributed by atoms with Crippen LogP contribution in [0.2, 0.25) is 0 Å². The number of amides is 1. The van der Waals surface area contributed by atoms with E-state index in [9.17, 15) is 9.18 Å². The van der Waals surface area contributed by atoms with Crippen LogP contribution in [0.3, 0.4) is 0 Å². The van der Waals surface area contributed by atoms with Crippen LogP contribution in [0.5, 0.6) is 5.75 Å². The van der Waals surface area contributed by atoms with Gasteiger partial charge in [-0.15, -0.1) is 0 Å².